The van der Waals surface area contributed by atoms with Gasteiger partial charge in [0.05, 0.1) is 0 Å². The van der Waals surface area contributed by atoms with Gasteiger partial charge >= 0.3 is 22.0 Å². The van der Waals surface area contributed by atoms with E-state index in [0.29, 0.717) is 0 Å². The number of halogens is 12. The summed E-state index contributed by atoms with van der Waals surface area (Å²) in [4.78, 5) is 0. The quantitative estimate of drug-likeness (QED) is 0.233. The molecule has 3 aliphatic carbocycles. The fourth-order valence-electron chi connectivity index (χ4n) is 4.58. The molecule has 3 aliphatic rings. The zero-order valence-corrected chi connectivity index (χ0v) is 41.9. The summed E-state index contributed by atoms with van der Waals surface area (Å²) in [6.45, 7) is 13.0. The van der Waals surface area contributed by atoms with E-state index >= 15 is 0 Å². The van der Waals surface area contributed by atoms with Gasteiger partial charge in [-0.3, -0.25) is 0 Å². The summed E-state index contributed by atoms with van der Waals surface area (Å²) in [6.07, 6.45) is 16.8. The van der Waals surface area contributed by atoms with Crippen molar-refractivity contribution in [1.29, 1.82) is 0 Å². The minimum atomic E-state index is -5.39. The summed E-state index contributed by atoms with van der Waals surface area (Å²) < 4.78 is 225. The van der Waals surface area contributed by atoms with Crippen molar-refractivity contribution in [2.24, 2.45) is 11.8 Å². The number of hydrogen-bond acceptors (Lipinski definition) is 9. The molecule has 0 amide bonds. The van der Waals surface area contributed by atoms with E-state index in [2.05, 4.69) is 18.9 Å². The highest BCUT2D eigenvalue weighted by Crippen LogP contribution is 2.44. The van der Waals surface area contributed by atoms with E-state index in [1.807, 2.05) is 77.9 Å². The number of rotatable bonds is 9. The molecule has 1 aromatic carbocycles. The maximum Gasteiger partial charge on any atom is 0.480 e. The first-order valence-electron chi connectivity index (χ1n) is 20.8. The number of alkyl halides is 12. The standard InChI is InChI=1S/C7H12.C6H12.C6H6.C3H5F3NO3S.3C3H5F3NO2S.3C2H6/c1-2-7-4-3-6(1)5-7;2*1-2-4-6-5-3-1;4-3(5,6)11(9,10)7-1-2-8;3*1-2-7-10(8,9)3(4,5)6;3*1-2/h6-7H,1-5H2;1-6H2;1-6H;8H,1-2H2;3*2H2,1H3;3*1-2H3/q;;;4*-1;;;. The molecule has 0 unspecified atom stereocenters. The molecule has 3 fully saturated rings. The van der Waals surface area contributed by atoms with Gasteiger partial charge in [0.2, 0.25) is 0 Å². The minimum absolute atomic E-state index is 0.387. The number of aliphatic hydroxyl groups excluding tert-OH is 1. The molecule has 66 heavy (non-hydrogen) atoms. The molecule has 0 aromatic heterocycles. The summed E-state index contributed by atoms with van der Waals surface area (Å²) in [6, 6.07) is 12.0. The molecule has 0 aliphatic heterocycles. The third-order valence-corrected chi connectivity index (χ3v) is 11.9. The van der Waals surface area contributed by atoms with Crippen molar-refractivity contribution >= 4 is 40.1 Å². The largest absolute Gasteiger partial charge is 0.541 e. The second-order valence-corrected chi connectivity index (χ2v) is 18.7. The van der Waals surface area contributed by atoms with Gasteiger partial charge < -0.3 is 24.0 Å². The third-order valence-electron chi connectivity index (χ3n) is 7.23. The molecule has 0 saturated heterocycles. The van der Waals surface area contributed by atoms with Crippen LogP contribution in [0.3, 0.4) is 0 Å². The average molecular weight is 1070 g/mol. The monoisotopic (exact) mass is 1070 g/mol. The molecular formula is C37H68F12N4O9S4-4. The van der Waals surface area contributed by atoms with E-state index in [-0.39, 0.29) is 19.6 Å². The molecule has 0 heterocycles. The molecule has 13 nitrogen and oxygen atoms in total. The highest BCUT2D eigenvalue weighted by molar-refractivity contribution is 7.95. The summed E-state index contributed by atoms with van der Waals surface area (Å²) in [5, 5.41) is 7.97. The Balaban J connectivity index is -0.000000157. The number of hydrogen-bond donors (Lipinski definition) is 1. The van der Waals surface area contributed by atoms with Crippen molar-refractivity contribution < 1.29 is 91.5 Å². The van der Waals surface area contributed by atoms with Crippen molar-refractivity contribution in [3.63, 3.8) is 0 Å². The van der Waals surface area contributed by atoms with Crippen LogP contribution in [-0.2, 0) is 40.1 Å². The van der Waals surface area contributed by atoms with E-state index in [9.17, 15) is 86.4 Å². The summed E-state index contributed by atoms with van der Waals surface area (Å²) in [5.74, 6) is 2.34. The molecule has 3 saturated carbocycles. The van der Waals surface area contributed by atoms with Gasteiger partial charge in [-0.25, -0.2) is 33.7 Å². The number of sulfonamides is 4. The molecule has 1 N–H and O–H groups in total. The lowest BCUT2D eigenvalue weighted by Gasteiger charge is -2.19. The van der Waals surface area contributed by atoms with Crippen LogP contribution in [0.2, 0.25) is 0 Å². The first-order chi connectivity index (χ1) is 30.2. The van der Waals surface area contributed by atoms with Gasteiger partial charge in [0, 0.05) is 6.61 Å². The van der Waals surface area contributed by atoms with E-state index in [1.165, 1.54) is 71.1 Å². The van der Waals surface area contributed by atoms with Gasteiger partial charge in [-0.2, -0.15) is 52.7 Å². The van der Waals surface area contributed by atoms with Crippen LogP contribution in [-0.4, -0.2) is 93.6 Å². The van der Waals surface area contributed by atoms with Crippen molar-refractivity contribution in [2.75, 3.05) is 32.8 Å². The topological polar surface area (TPSA) is 213 Å². The molecule has 2 bridgehead atoms. The van der Waals surface area contributed by atoms with E-state index < -0.39 is 75.3 Å². The summed E-state index contributed by atoms with van der Waals surface area (Å²) >= 11 is 0. The van der Waals surface area contributed by atoms with Gasteiger partial charge in [-0.1, -0.05) is 163 Å². The van der Waals surface area contributed by atoms with Crippen LogP contribution in [0.15, 0.2) is 36.4 Å². The highest BCUT2D eigenvalue weighted by Gasteiger charge is 2.40. The Bertz CT molecular complexity index is 1530. The maximum absolute atomic E-state index is 11.4. The van der Waals surface area contributed by atoms with Crippen LogP contribution in [0, 0.1) is 11.8 Å². The van der Waals surface area contributed by atoms with Gasteiger partial charge in [0.15, 0.2) is 40.1 Å². The van der Waals surface area contributed by atoms with Crippen molar-refractivity contribution in [1.82, 2.24) is 0 Å². The normalized spacial score (nSPS) is 16.7. The first kappa shape index (κ1) is 75.5. The van der Waals surface area contributed by atoms with Crippen LogP contribution in [0.1, 0.15) is 133 Å². The van der Waals surface area contributed by atoms with E-state index in [1.54, 1.807) is 32.1 Å². The predicted molar refractivity (Wildman–Crippen MR) is 235 cm³/mol. The van der Waals surface area contributed by atoms with Gasteiger partial charge in [-0.05, 0) is 18.3 Å². The Morgan fingerprint density at radius 2 is 0.591 bits per heavy atom. The first-order valence-corrected chi connectivity index (χ1v) is 26.6. The Morgan fingerprint density at radius 1 is 0.409 bits per heavy atom. The van der Waals surface area contributed by atoms with Crippen LogP contribution in [0.25, 0.3) is 18.9 Å². The van der Waals surface area contributed by atoms with Gasteiger partial charge in [-0.15, -0.1) is 26.2 Å². The Labute approximate surface area is 385 Å². The van der Waals surface area contributed by atoms with Crippen LogP contribution < -0.4 is 0 Å². The number of fused-ring (bicyclic) bond motifs is 2. The zero-order valence-electron chi connectivity index (χ0n) is 38.6. The molecule has 1 aromatic rings. The summed E-state index contributed by atoms with van der Waals surface area (Å²) in [7, 11) is -21.1. The predicted octanol–water partition coefficient (Wildman–Crippen LogP) is 13.2. The maximum atomic E-state index is 11.4. The zero-order chi connectivity index (χ0) is 53.5. The van der Waals surface area contributed by atoms with Crippen LogP contribution >= 0.6 is 0 Å². The van der Waals surface area contributed by atoms with Crippen molar-refractivity contribution in [3.8, 4) is 0 Å². The second-order valence-electron chi connectivity index (χ2n) is 12.0. The molecule has 0 radical (unpaired) electrons. The smallest absolute Gasteiger partial charge is 0.480 e. The molecule has 29 heteroatoms. The Hall–Kier alpha value is -2.02. The van der Waals surface area contributed by atoms with E-state index in [0.717, 1.165) is 0 Å². The lowest BCUT2D eigenvalue weighted by molar-refractivity contribution is -0.0433. The van der Waals surface area contributed by atoms with Crippen molar-refractivity contribution in [3.05, 3.63) is 55.3 Å². The number of benzene rings is 1. The fourth-order valence-corrected chi connectivity index (χ4v) is 6.51. The number of aliphatic hydroxyl groups is 1. The molecular weight excluding hydrogens is 1000 g/mol. The molecule has 402 valence electrons. The third kappa shape index (κ3) is 38.9. The minimum Gasteiger partial charge on any atom is -0.541 e. The molecule has 4 rings (SSSR count). The second kappa shape index (κ2) is 39.8. The van der Waals surface area contributed by atoms with Crippen molar-refractivity contribution in [2.45, 2.75) is 155 Å². The molecule has 0 spiro atoms. The average Bonchev–Trinajstić information content (AvgIpc) is 3.91. The SMILES string of the molecule is C1CC2CCC1C2.C1CCCCC1.CC.CC.CC.CC[N-]S(=O)(=O)C(F)(F)F.CC[N-]S(=O)(=O)C(F)(F)F.CC[N-]S(=O)(=O)C(F)(F)F.O=S(=O)([N-]CCO)C(F)(F)F.c1ccccc1. The number of nitrogens with zero attached hydrogens (tertiary/aromatic N) is 4. The Morgan fingerprint density at radius 3 is 0.697 bits per heavy atom. The van der Waals surface area contributed by atoms with Crippen LogP contribution in [0.4, 0.5) is 52.7 Å². The summed E-state index contributed by atoms with van der Waals surface area (Å²) in [5.41, 5.74) is -21.1. The molecule has 0 atom stereocenters. The lowest BCUT2D eigenvalue weighted by atomic mass is 10.0. The highest BCUT2D eigenvalue weighted by atomic mass is 32.2. The van der Waals surface area contributed by atoms with Gasteiger partial charge in [0.1, 0.15) is 0 Å². The Kier molecular flexibility index (Phi) is 45.5. The van der Waals surface area contributed by atoms with E-state index in [4.69, 9.17) is 5.11 Å². The lowest BCUT2D eigenvalue weighted by Crippen LogP contribution is -2.22. The van der Waals surface area contributed by atoms with Crippen LogP contribution in [0.5, 0.6) is 0 Å². The fraction of sp³-hybridized carbons (Fsp3) is 0.838. The van der Waals surface area contributed by atoms with Gasteiger partial charge in [0.25, 0.3) is 0 Å².